The summed E-state index contributed by atoms with van der Waals surface area (Å²) in [6.45, 7) is 10.0. The maximum Gasteiger partial charge on any atom is 0.00362 e. The quantitative estimate of drug-likeness (QED) is 0.612. The lowest BCUT2D eigenvalue weighted by atomic mass is 10.2. The Labute approximate surface area is 58.8 Å². The van der Waals surface area contributed by atoms with Gasteiger partial charge in [0.2, 0.25) is 0 Å². The summed E-state index contributed by atoms with van der Waals surface area (Å²) in [6, 6.07) is 0.687. The van der Waals surface area contributed by atoms with E-state index in [9.17, 15) is 0 Å². The van der Waals surface area contributed by atoms with E-state index in [1.807, 2.05) is 0 Å². The van der Waals surface area contributed by atoms with Crippen LogP contribution in [0.5, 0.6) is 0 Å². The molecule has 0 amide bonds. The molecule has 0 fully saturated rings. The van der Waals surface area contributed by atoms with E-state index in [-0.39, 0.29) is 0 Å². The Balaban J connectivity index is 3.06. The maximum absolute atomic E-state index is 3.43. The Morgan fingerprint density at radius 1 is 1.22 bits per heavy atom. The third kappa shape index (κ3) is 5.84. The standard InChI is InChI=1S/C8H19N/c1-5-8(4)9-6-7(2)3/h7-9H,5-6H2,1-4H3/t8-/m1/s1. The van der Waals surface area contributed by atoms with Gasteiger partial charge in [0.15, 0.2) is 0 Å². The highest BCUT2D eigenvalue weighted by Crippen LogP contribution is 1.91. The van der Waals surface area contributed by atoms with Crippen LogP contribution in [0.25, 0.3) is 0 Å². The minimum Gasteiger partial charge on any atom is -0.314 e. The van der Waals surface area contributed by atoms with Crippen molar-refractivity contribution in [2.45, 2.75) is 40.2 Å². The third-order valence-corrected chi connectivity index (χ3v) is 1.49. The van der Waals surface area contributed by atoms with Gasteiger partial charge in [0, 0.05) is 6.04 Å². The summed E-state index contributed by atoms with van der Waals surface area (Å²) in [4.78, 5) is 0. The molecule has 1 nitrogen and oxygen atoms in total. The number of nitrogens with one attached hydrogen (secondary N) is 1. The van der Waals surface area contributed by atoms with Crippen LogP contribution in [0, 0.1) is 5.92 Å². The Kier molecular flexibility index (Phi) is 4.78. The molecule has 0 saturated carbocycles. The van der Waals surface area contributed by atoms with Crippen molar-refractivity contribution in [3.05, 3.63) is 0 Å². The second-order valence-corrected chi connectivity index (χ2v) is 3.11. The van der Waals surface area contributed by atoms with E-state index in [2.05, 4.69) is 33.0 Å². The highest BCUT2D eigenvalue weighted by molar-refractivity contribution is 4.58. The highest BCUT2D eigenvalue weighted by atomic mass is 14.9. The molecule has 0 heterocycles. The molecule has 0 aromatic carbocycles. The lowest BCUT2D eigenvalue weighted by Gasteiger charge is -2.12. The fourth-order valence-electron chi connectivity index (χ4n) is 0.581. The SMILES string of the molecule is CC[C@@H](C)NCC(C)C. The Bertz CT molecular complexity index is 59.6. The van der Waals surface area contributed by atoms with E-state index in [0.29, 0.717) is 6.04 Å². The summed E-state index contributed by atoms with van der Waals surface area (Å²) < 4.78 is 0. The van der Waals surface area contributed by atoms with Gasteiger partial charge in [-0.25, -0.2) is 0 Å². The second kappa shape index (κ2) is 4.80. The molecule has 0 saturated heterocycles. The van der Waals surface area contributed by atoms with Crippen molar-refractivity contribution >= 4 is 0 Å². The molecule has 0 aromatic rings. The van der Waals surface area contributed by atoms with Crippen molar-refractivity contribution in [1.82, 2.24) is 5.32 Å². The van der Waals surface area contributed by atoms with Crippen LogP contribution in [-0.4, -0.2) is 12.6 Å². The predicted octanol–water partition coefficient (Wildman–Crippen LogP) is 2.03. The molecule has 1 heteroatoms. The van der Waals surface area contributed by atoms with E-state index in [0.717, 1.165) is 12.5 Å². The fraction of sp³-hybridized carbons (Fsp3) is 1.00. The van der Waals surface area contributed by atoms with E-state index < -0.39 is 0 Å². The molecule has 0 aliphatic carbocycles. The summed E-state index contributed by atoms with van der Waals surface area (Å²) in [5.41, 5.74) is 0. The molecule has 0 rings (SSSR count). The lowest BCUT2D eigenvalue weighted by molar-refractivity contribution is 0.475. The van der Waals surface area contributed by atoms with Gasteiger partial charge < -0.3 is 5.32 Å². The third-order valence-electron chi connectivity index (χ3n) is 1.49. The normalized spacial score (nSPS) is 14.3. The van der Waals surface area contributed by atoms with Gasteiger partial charge in [0.1, 0.15) is 0 Å². The summed E-state index contributed by atoms with van der Waals surface area (Å²) in [5, 5.41) is 3.43. The molecule has 0 aliphatic rings. The average Bonchev–Trinajstić information content (AvgIpc) is 1.83. The first kappa shape index (κ1) is 8.96. The molecule has 9 heavy (non-hydrogen) atoms. The van der Waals surface area contributed by atoms with E-state index >= 15 is 0 Å². The predicted molar refractivity (Wildman–Crippen MR) is 42.6 cm³/mol. The summed E-state index contributed by atoms with van der Waals surface area (Å²) >= 11 is 0. The van der Waals surface area contributed by atoms with Gasteiger partial charge in [0.25, 0.3) is 0 Å². The summed E-state index contributed by atoms with van der Waals surface area (Å²) in [5.74, 6) is 0.777. The number of hydrogen-bond donors (Lipinski definition) is 1. The van der Waals surface area contributed by atoms with Crippen LogP contribution in [0.1, 0.15) is 34.1 Å². The molecule has 1 N–H and O–H groups in total. The molecule has 0 unspecified atom stereocenters. The molecular formula is C8H19N. The average molecular weight is 129 g/mol. The van der Waals surface area contributed by atoms with E-state index in [1.165, 1.54) is 6.42 Å². The molecule has 0 spiro atoms. The van der Waals surface area contributed by atoms with Crippen LogP contribution in [0.3, 0.4) is 0 Å². The van der Waals surface area contributed by atoms with Gasteiger partial charge in [-0.2, -0.15) is 0 Å². The van der Waals surface area contributed by atoms with Crippen LogP contribution in [-0.2, 0) is 0 Å². The molecule has 56 valence electrons. The van der Waals surface area contributed by atoms with Gasteiger partial charge in [-0.1, -0.05) is 20.8 Å². The molecule has 1 atom stereocenters. The van der Waals surface area contributed by atoms with Gasteiger partial charge in [-0.3, -0.25) is 0 Å². The Morgan fingerprint density at radius 2 is 1.78 bits per heavy atom. The van der Waals surface area contributed by atoms with Crippen LogP contribution >= 0.6 is 0 Å². The van der Waals surface area contributed by atoms with Gasteiger partial charge in [-0.05, 0) is 25.8 Å². The van der Waals surface area contributed by atoms with Crippen molar-refractivity contribution in [2.75, 3.05) is 6.54 Å². The van der Waals surface area contributed by atoms with Crippen LogP contribution in [0.2, 0.25) is 0 Å². The van der Waals surface area contributed by atoms with Gasteiger partial charge in [0.05, 0.1) is 0 Å². The first-order valence-electron chi connectivity index (χ1n) is 3.90. The van der Waals surface area contributed by atoms with Gasteiger partial charge in [-0.15, -0.1) is 0 Å². The Hall–Kier alpha value is -0.0400. The summed E-state index contributed by atoms with van der Waals surface area (Å²) in [7, 11) is 0. The minimum absolute atomic E-state index is 0.687. The molecule has 0 aromatic heterocycles. The van der Waals surface area contributed by atoms with E-state index in [4.69, 9.17) is 0 Å². The Morgan fingerprint density at radius 3 is 2.11 bits per heavy atom. The van der Waals surface area contributed by atoms with Crippen LogP contribution < -0.4 is 5.32 Å². The first-order valence-corrected chi connectivity index (χ1v) is 3.90. The topological polar surface area (TPSA) is 12.0 Å². The fourth-order valence-corrected chi connectivity index (χ4v) is 0.581. The molecule has 0 radical (unpaired) electrons. The first-order chi connectivity index (χ1) is 4.16. The number of rotatable bonds is 4. The van der Waals surface area contributed by atoms with Crippen molar-refractivity contribution in [1.29, 1.82) is 0 Å². The second-order valence-electron chi connectivity index (χ2n) is 3.11. The largest absolute Gasteiger partial charge is 0.314 e. The smallest absolute Gasteiger partial charge is 0.00362 e. The zero-order valence-electron chi connectivity index (χ0n) is 7.07. The van der Waals surface area contributed by atoms with Crippen LogP contribution in [0.15, 0.2) is 0 Å². The monoisotopic (exact) mass is 129 g/mol. The maximum atomic E-state index is 3.43. The molecular weight excluding hydrogens is 110 g/mol. The zero-order chi connectivity index (χ0) is 7.28. The van der Waals surface area contributed by atoms with Crippen molar-refractivity contribution < 1.29 is 0 Å². The molecule has 0 aliphatic heterocycles. The lowest BCUT2D eigenvalue weighted by Crippen LogP contribution is -2.28. The van der Waals surface area contributed by atoms with Gasteiger partial charge >= 0.3 is 0 Å². The minimum atomic E-state index is 0.687. The van der Waals surface area contributed by atoms with Crippen molar-refractivity contribution in [2.24, 2.45) is 5.92 Å². The number of hydrogen-bond acceptors (Lipinski definition) is 1. The zero-order valence-corrected chi connectivity index (χ0v) is 7.07. The highest BCUT2D eigenvalue weighted by Gasteiger charge is 1.97. The molecule has 0 bridgehead atoms. The van der Waals surface area contributed by atoms with E-state index in [1.54, 1.807) is 0 Å². The van der Waals surface area contributed by atoms with Crippen molar-refractivity contribution in [3.8, 4) is 0 Å². The van der Waals surface area contributed by atoms with Crippen molar-refractivity contribution in [3.63, 3.8) is 0 Å². The summed E-state index contributed by atoms with van der Waals surface area (Å²) in [6.07, 6.45) is 1.23. The van der Waals surface area contributed by atoms with Crippen LogP contribution in [0.4, 0.5) is 0 Å².